The molecule has 9 heteroatoms. The number of fused-ring (bicyclic) bond motifs is 1. The SMILES string of the molecule is CN1CCN(c2c(F)cc3c(=O)c(C(=O)O)cn(C4CC4)c3c2F)C(CO)C1. The Hall–Kier alpha value is -2.52. The molecular formula is C19H21F2N3O4. The number of aliphatic hydroxyl groups excluding tert-OH is 1. The van der Waals surface area contributed by atoms with Crippen LogP contribution in [0.5, 0.6) is 0 Å². The molecule has 7 nitrogen and oxygen atoms in total. The summed E-state index contributed by atoms with van der Waals surface area (Å²) in [7, 11) is 1.87. The first-order valence-corrected chi connectivity index (χ1v) is 9.19. The minimum Gasteiger partial charge on any atom is -0.477 e. The summed E-state index contributed by atoms with van der Waals surface area (Å²) >= 11 is 0. The molecule has 2 fully saturated rings. The molecule has 0 radical (unpaired) electrons. The highest BCUT2D eigenvalue weighted by Crippen LogP contribution is 2.40. The van der Waals surface area contributed by atoms with Crippen molar-refractivity contribution in [1.29, 1.82) is 0 Å². The summed E-state index contributed by atoms with van der Waals surface area (Å²) in [5, 5.41) is 18.7. The second kappa shape index (κ2) is 6.82. The zero-order chi connectivity index (χ0) is 20.2. The van der Waals surface area contributed by atoms with Gasteiger partial charge in [0.2, 0.25) is 5.43 Å². The molecule has 1 aliphatic heterocycles. The third-order valence-corrected chi connectivity index (χ3v) is 5.54. The van der Waals surface area contributed by atoms with E-state index in [0.717, 1.165) is 25.1 Å². The zero-order valence-corrected chi connectivity index (χ0v) is 15.4. The van der Waals surface area contributed by atoms with Crippen molar-refractivity contribution in [3.8, 4) is 0 Å². The number of aliphatic hydroxyl groups is 1. The van der Waals surface area contributed by atoms with Crippen molar-refractivity contribution in [3.63, 3.8) is 0 Å². The summed E-state index contributed by atoms with van der Waals surface area (Å²) < 4.78 is 32.0. The number of anilines is 1. The van der Waals surface area contributed by atoms with E-state index in [1.54, 1.807) is 0 Å². The molecule has 0 amide bonds. The van der Waals surface area contributed by atoms with Crippen LogP contribution >= 0.6 is 0 Å². The standard InChI is InChI=1S/C19H21F2N3O4/c1-22-4-5-23(11(7-22)9-25)17-14(20)6-12-16(15(17)21)24(10-2-3-10)8-13(18(12)26)19(27)28/h6,8,10-11,25H,2-5,7,9H2,1H3,(H,27,28). The predicted molar refractivity (Wildman–Crippen MR) is 99.1 cm³/mol. The minimum absolute atomic E-state index is 0.0792. The topological polar surface area (TPSA) is 86.0 Å². The summed E-state index contributed by atoms with van der Waals surface area (Å²) in [6, 6.07) is 0.323. The fourth-order valence-corrected chi connectivity index (χ4v) is 3.95. The number of aromatic carboxylic acids is 1. The molecule has 2 heterocycles. The number of carbonyl (C=O) groups is 1. The Bertz CT molecular complexity index is 1020. The number of benzene rings is 1. The van der Waals surface area contributed by atoms with Crippen LogP contribution in [0, 0.1) is 11.6 Å². The van der Waals surface area contributed by atoms with Gasteiger partial charge in [-0.2, -0.15) is 0 Å². The Balaban J connectivity index is 1.98. The van der Waals surface area contributed by atoms with Gasteiger partial charge in [0, 0.05) is 31.9 Å². The predicted octanol–water partition coefficient (Wildman–Crippen LogP) is 1.43. The van der Waals surface area contributed by atoms with Gasteiger partial charge in [0.25, 0.3) is 0 Å². The van der Waals surface area contributed by atoms with E-state index in [1.807, 2.05) is 11.9 Å². The van der Waals surface area contributed by atoms with Gasteiger partial charge >= 0.3 is 5.97 Å². The maximum absolute atomic E-state index is 15.6. The van der Waals surface area contributed by atoms with Gasteiger partial charge in [-0.1, -0.05) is 0 Å². The van der Waals surface area contributed by atoms with E-state index in [9.17, 15) is 24.2 Å². The number of carboxylic acid groups (broad SMARTS) is 1. The molecule has 1 saturated carbocycles. The van der Waals surface area contributed by atoms with Crippen molar-refractivity contribution >= 4 is 22.6 Å². The third kappa shape index (κ3) is 2.94. The molecule has 1 atom stereocenters. The first kappa shape index (κ1) is 18.8. The largest absolute Gasteiger partial charge is 0.477 e. The van der Waals surface area contributed by atoms with Crippen molar-refractivity contribution in [2.45, 2.75) is 24.9 Å². The lowest BCUT2D eigenvalue weighted by molar-refractivity contribution is 0.0694. The Labute approximate surface area is 159 Å². The normalized spacial score (nSPS) is 20.7. The van der Waals surface area contributed by atoms with Gasteiger partial charge in [0.15, 0.2) is 5.82 Å². The first-order chi connectivity index (χ1) is 13.3. The fraction of sp³-hybridized carbons (Fsp3) is 0.474. The Morgan fingerprint density at radius 2 is 2.00 bits per heavy atom. The summed E-state index contributed by atoms with van der Waals surface area (Å²) in [4.78, 5) is 27.4. The number of likely N-dealkylation sites (N-methyl/N-ethyl adjacent to an activating group) is 1. The molecule has 28 heavy (non-hydrogen) atoms. The lowest BCUT2D eigenvalue weighted by atomic mass is 10.1. The molecule has 0 bridgehead atoms. The van der Waals surface area contributed by atoms with Crippen LogP contribution in [0.15, 0.2) is 17.1 Å². The van der Waals surface area contributed by atoms with E-state index in [0.29, 0.717) is 19.6 Å². The van der Waals surface area contributed by atoms with Crippen molar-refractivity contribution in [2.75, 3.05) is 38.2 Å². The smallest absolute Gasteiger partial charge is 0.341 e. The molecule has 2 aromatic rings. The van der Waals surface area contributed by atoms with E-state index in [4.69, 9.17) is 0 Å². The van der Waals surface area contributed by atoms with Crippen molar-refractivity contribution in [1.82, 2.24) is 9.47 Å². The van der Waals surface area contributed by atoms with Gasteiger partial charge in [-0.3, -0.25) is 4.79 Å². The molecule has 1 aromatic heterocycles. The van der Waals surface area contributed by atoms with Gasteiger partial charge in [-0.25, -0.2) is 13.6 Å². The van der Waals surface area contributed by atoms with Gasteiger partial charge in [0.1, 0.15) is 17.1 Å². The summed E-state index contributed by atoms with van der Waals surface area (Å²) in [5.41, 5.74) is -1.76. The summed E-state index contributed by atoms with van der Waals surface area (Å²) in [5.74, 6) is -3.25. The average molecular weight is 393 g/mol. The number of aromatic nitrogens is 1. The number of rotatable bonds is 4. The maximum atomic E-state index is 15.6. The average Bonchev–Trinajstić information content (AvgIpc) is 3.48. The highest BCUT2D eigenvalue weighted by atomic mass is 19.1. The molecule has 1 saturated heterocycles. The maximum Gasteiger partial charge on any atom is 0.341 e. The monoisotopic (exact) mass is 393 g/mol. The number of hydrogen-bond donors (Lipinski definition) is 2. The second-order valence-corrected chi connectivity index (χ2v) is 7.52. The van der Waals surface area contributed by atoms with Crippen molar-refractivity contribution in [2.24, 2.45) is 0 Å². The van der Waals surface area contributed by atoms with E-state index < -0.39 is 34.6 Å². The van der Waals surface area contributed by atoms with Gasteiger partial charge in [-0.05, 0) is 26.0 Å². The Morgan fingerprint density at radius 1 is 1.29 bits per heavy atom. The van der Waals surface area contributed by atoms with Crippen LogP contribution in [0.2, 0.25) is 0 Å². The van der Waals surface area contributed by atoms with Gasteiger partial charge in [0.05, 0.1) is 23.6 Å². The van der Waals surface area contributed by atoms with Gasteiger partial charge in [-0.15, -0.1) is 0 Å². The van der Waals surface area contributed by atoms with Crippen LogP contribution in [0.1, 0.15) is 29.2 Å². The first-order valence-electron chi connectivity index (χ1n) is 9.19. The third-order valence-electron chi connectivity index (χ3n) is 5.54. The quantitative estimate of drug-likeness (QED) is 0.817. The zero-order valence-electron chi connectivity index (χ0n) is 15.4. The van der Waals surface area contributed by atoms with E-state index in [1.165, 1.54) is 9.47 Å². The molecular weight excluding hydrogens is 372 g/mol. The van der Waals surface area contributed by atoms with Crippen LogP contribution in [-0.4, -0.2) is 65.0 Å². The number of halogens is 2. The molecule has 1 unspecified atom stereocenters. The van der Waals surface area contributed by atoms with Crippen molar-refractivity contribution < 1.29 is 23.8 Å². The van der Waals surface area contributed by atoms with Crippen LogP contribution in [0.4, 0.5) is 14.5 Å². The van der Waals surface area contributed by atoms with Crippen molar-refractivity contribution in [3.05, 3.63) is 39.7 Å². The van der Waals surface area contributed by atoms with E-state index in [-0.39, 0.29) is 29.2 Å². The molecule has 0 spiro atoms. The highest BCUT2D eigenvalue weighted by Gasteiger charge is 2.33. The lowest BCUT2D eigenvalue weighted by Gasteiger charge is -2.41. The molecule has 4 rings (SSSR count). The molecule has 150 valence electrons. The summed E-state index contributed by atoms with van der Waals surface area (Å²) in [6.45, 7) is 1.07. The molecule has 2 aliphatic rings. The Morgan fingerprint density at radius 3 is 2.61 bits per heavy atom. The van der Waals surface area contributed by atoms with Gasteiger partial charge < -0.3 is 24.6 Å². The van der Waals surface area contributed by atoms with Crippen LogP contribution in [0.3, 0.4) is 0 Å². The van der Waals surface area contributed by atoms with E-state index in [2.05, 4.69) is 0 Å². The minimum atomic E-state index is -1.43. The Kier molecular flexibility index (Phi) is 4.59. The molecule has 1 aliphatic carbocycles. The number of piperazine rings is 1. The fourth-order valence-electron chi connectivity index (χ4n) is 3.95. The van der Waals surface area contributed by atoms with Crippen LogP contribution < -0.4 is 10.3 Å². The number of nitrogens with zero attached hydrogens (tertiary/aromatic N) is 3. The second-order valence-electron chi connectivity index (χ2n) is 7.52. The summed E-state index contributed by atoms with van der Waals surface area (Å²) in [6.07, 6.45) is 2.62. The van der Waals surface area contributed by atoms with Crippen LogP contribution in [-0.2, 0) is 0 Å². The number of pyridine rings is 1. The number of carboxylic acids is 1. The van der Waals surface area contributed by atoms with Crippen LogP contribution in [0.25, 0.3) is 10.9 Å². The molecule has 1 aromatic carbocycles. The highest BCUT2D eigenvalue weighted by molar-refractivity contribution is 5.94. The molecule has 2 N–H and O–H groups in total. The lowest BCUT2D eigenvalue weighted by Crippen LogP contribution is -2.54. The van der Waals surface area contributed by atoms with E-state index >= 15 is 4.39 Å². The number of hydrogen-bond acceptors (Lipinski definition) is 5.